The lowest BCUT2D eigenvalue weighted by atomic mass is 9.81. The number of nitrogens with one attached hydrogen (secondary N) is 1. The summed E-state index contributed by atoms with van der Waals surface area (Å²) in [4.78, 5) is 26.2. The van der Waals surface area contributed by atoms with Gasteiger partial charge in [0.15, 0.2) is 0 Å². The fourth-order valence-corrected chi connectivity index (χ4v) is 3.83. The molecule has 2 amide bonds. The molecule has 122 valence electrons. The summed E-state index contributed by atoms with van der Waals surface area (Å²) in [7, 11) is 0. The zero-order valence-electron chi connectivity index (χ0n) is 12.7. The first-order valence-corrected chi connectivity index (χ1v) is 8.49. The highest BCUT2D eigenvalue weighted by Gasteiger charge is 2.45. The number of carbonyl (C=O) groups is 2. The van der Waals surface area contributed by atoms with Crippen LogP contribution in [0.2, 0.25) is 0 Å². The number of alkyl halides is 1. The molecule has 0 radical (unpaired) electrons. The summed E-state index contributed by atoms with van der Waals surface area (Å²) in [5.74, 6) is 0.312. The Hall–Kier alpha value is -1.17. The number of halogens is 1. The zero-order valence-corrected chi connectivity index (χ0v) is 12.7. The molecule has 2 heterocycles. The van der Waals surface area contributed by atoms with Crippen molar-refractivity contribution in [1.29, 1.82) is 0 Å². The Morgan fingerprint density at radius 3 is 2.59 bits per heavy atom. The van der Waals surface area contributed by atoms with Crippen LogP contribution in [0, 0.1) is 11.8 Å². The van der Waals surface area contributed by atoms with E-state index in [1.54, 1.807) is 0 Å². The van der Waals surface area contributed by atoms with Gasteiger partial charge in [-0.1, -0.05) is 0 Å². The van der Waals surface area contributed by atoms with Gasteiger partial charge in [0, 0.05) is 25.0 Å². The van der Waals surface area contributed by atoms with Gasteiger partial charge >= 0.3 is 0 Å². The summed E-state index contributed by atoms with van der Waals surface area (Å²) in [6, 6.07) is 0.351. The number of hydrogen-bond donors (Lipinski definition) is 1. The van der Waals surface area contributed by atoms with Crippen LogP contribution in [0.4, 0.5) is 4.39 Å². The van der Waals surface area contributed by atoms with E-state index >= 15 is 0 Å². The van der Waals surface area contributed by atoms with Crippen LogP contribution in [-0.4, -0.2) is 54.2 Å². The van der Waals surface area contributed by atoms with Crippen molar-refractivity contribution in [3.63, 3.8) is 0 Å². The van der Waals surface area contributed by atoms with Crippen LogP contribution in [0.3, 0.4) is 0 Å². The molecule has 2 saturated carbocycles. The molecule has 0 spiro atoms. The van der Waals surface area contributed by atoms with Gasteiger partial charge in [0.1, 0.15) is 12.3 Å². The van der Waals surface area contributed by atoms with Crippen LogP contribution in [0.25, 0.3) is 0 Å². The molecule has 6 heteroatoms. The van der Waals surface area contributed by atoms with Crippen LogP contribution in [0.15, 0.2) is 0 Å². The van der Waals surface area contributed by atoms with Crippen LogP contribution in [0.5, 0.6) is 0 Å². The Morgan fingerprint density at radius 2 is 1.91 bits per heavy atom. The molecule has 0 aromatic rings. The third-order valence-electron chi connectivity index (χ3n) is 5.51. The Labute approximate surface area is 129 Å². The van der Waals surface area contributed by atoms with Crippen molar-refractivity contribution in [2.75, 3.05) is 13.1 Å². The van der Waals surface area contributed by atoms with Crippen molar-refractivity contribution >= 4 is 11.8 Å². The molecule has 4 rings (SSSR count). The standard InChI is InChI=1S/C16H23FN2O3/c17-11-5-10(6-11)16(21)19-4-3-9-7-13(22-14(9)8-19)15(20)18-12-1-2-12/h9-14H,1-8H2,(H,18,20)/t9-,10?,11?,13+,14-/m0/s1. The highest BCUT2D eigenvalue weighted by Crippen LogP contribution is 2.37. The van der Waals surface area contributed by atoms with E-state index < -0.39 is 6.17 Å². The van der Waals surface area contributed by atoms with Gasteiger partial charge in [0.05, 0.1) is 6.10 Å². The number of rotatable bonds is 3. The Balaban J connectivity index is 1.31. The van der Waals surface area contributed by atoms with Crippen molar-refractivity contribution in [3.05, 3.63) is 0 Å². The van der Waals surface area contributed by atoms with E-state index in [1.165, 1.54) is 0 Å². The molecule has 3 atom stereocenters. The van der Waals surface area contributed by atoms with Crippen molar-refractivity contribution < 1.29 is 18.7 Å². The second kappa shape index (κ2) is 5.48. The summed E-state index contributed by atoms with van der Waals surface area (Å²) in [6.45, 7) is 1.28. The lowest BCUT2D eigenvalue weighted by molar-refractivity contribution is -0.145. The third kappa shape index (κ3) is 2.73. The van der Waals surface area contributed by atoms with E-state index in [4.69, 9.17) is 4.74 Å². The molecular formula is C16H23FN2O3. The molecule has 0 bridgehead atoms. The van der Waals surface area contributed by atoms with Gasteiger partial charge in [-0.3, -0.25) is 9.59 Å². The molecule has 22 heavy (non-hydrogen) atoms. The molecular weight excluding hydrogens is 287 g/mol. The van der Waals surface area contributed by atoms with Gasteiger partial charge in [-0.2, -0.15) is 0 Å². The molecule has 2 aliphatic carbocycles. The Morgan fingerprint density at radius 1 is 1.14 bits per heavy atom. The first kappa shape index (κ1) is 14.4. The summed E-state index contributed by atoms with van der Waals surface area (Å²) in [5, 5.41) is 2.99. The molecule has 2 aliphatic heterocycles. The van der Waals surface area contributed by atoms with Crippen LogP contribution < -0.4 is 5.32 Å². The number of hydrogen-bond acceptors (Lipinski definition) is 3. The Bertz CT molecular complexity index is 476. The minimum Gasteiger partial charge on any atom is -0.363 e. The summed E-state index contributed by atoms with van der Waals surface area (Å²) in [6.07, 6.45) is 3.35. The molecule has 1 N–H and O–H groups in total. The Kier molecular flexibility index (Phi) is 3.59. The van der Waals surface area contributed by atoms with Gasteiger partial charge in [0.25, 0.3) is 0 Å². The minimum absolute atomic E-state index is 0.00837. The predicted molar refractivity (Wildman–Crippen MR) is 76.7 cm³/mol. The van der Waals surface area contributed by atoms with Gasteiger partial charge in [0.2, 0.25) is 11.8 Å². The quantitative estimate of drug-likeness (QED) is 0.847. The maximum atomic E-state index is 12.9. The fourth-order valence-electron chi connectivity index (χ4n) is 3.83. The van der Waals surface area contributed by atoms with E-state index in [0.717, 1.165) is 25.7 Å². The second-order valence-electron chi connectivity index (χ2n) is 7.28. The molecule has 0 aromatic carbocycles. The molecule has 2 saturated heterocycles. The van der Waals surface area contributed by atoms with Crippen molar-refractivity contribution in [2.45, 2.75) is 62.9 Å². The SMILES string of the molecule is O=C(NC1CC1)[C@H]1C[C@@H]2CCN(C(=O)C3CC(F)C3)C[C@@H]2O1. The van der Waals surface area contributed by atoms with Gasteiger partial charge in [-0.25, -0.2) is 4.39 Å². The van der Waals surface area contributed by atoms with E-state index in [0.29, 0.717) is 37.9 Å². The summed E-state index contributed by atoms with van der Waals surface area (Å²) in [5.41, 5.74) is 0. The largest absolute Gasteiger partial charge is 0.363 e. The second-order valence-corrected chi connectivity index (χ2v) is 7.28. The van der Waals surface area contributed by atoms with E-state index in [2.05, 4.69) is 5.32 Å². The minimum atomic E-state index is -0.801. The van der Waals surface area contributed by atoms with Crippen LogP contribution >= 0.6 is 0 Å². The van der Waals surface area contributed by atoms with E-state index in [-0.39, 0.29) is 29.9 Å². The van der Waals surface area contributed by atoms with Crippen molar-refractivity contribution in [1.82, 2.24) is 10.2 Å². The molecule has 0 unspecified atom stereocenters. The fraction of sp³-hybridized carbons (Fsp3) is 0.875. The number of carbonyl (C=O) groups excluding carboxylic acids is 2. The van der Waals surface area contributed by atoms with E-state index in [1.807, 2.05) is 4.90 Å². The number of ether oxygens (including phenoxy) is 1. The van der Waals surface area contributed by atoms with Crippen molar-refractivity contribution in [3.8, 4) is 0 Å². The van der Waals surface area contributed by atoms with Crippen molar-refractivity contribution in [2.24, 2.45) is 11.8 Å². The first-order valence-electron chi connectivity index (χ1n) is 8.49. The van der Waals surface area contributed by atoms with E-state index in [9.17, 15) is 14.0 Å². The maximum Gasteiger partial charge on any atom is 0.249 e. The average molecular weight is 310 g/mol. The lowest BCUT2D eigenvalue weighted by Gasteiger charge is -2.39. The van der Waals surface area contributed by atoms with Gasteiger partial charge < -0.3 is 15.0 Å². The molecule has 4 fully saturated rings. The topological polar surface area (TPSA) is 58.6 Å². The molecule has 0 aromatic heterocycles. The highest BCUT2D eigenvalue weighted by atomic mass is 19.1. The average Bonchev–Trinajstić information content (AvgIpc) is 3.17. The maximum absolute atomic E-state index is 12.9. The predicted octanol–water partition coefficient (Wildman–Crippen LogP) is 1.02. The monoisotopic (exact) mass is 310 g/mol. The summed E-state index contributed by atoms with van der Waals surface area (Å²) < 4.78 is 18.8. The number of piperidine rings is 1. The van der Waals surface area contributed by atoms with Crippen LogP contribution in [0.1, 0.15) is 38.5 Å². The van der Waals surface area contributed by atoms with Gasteiger partial charge in [-0.15, -0.1) is 0 Å². The summed E-state index contributed by atoms with van der Waals surface area (Å²) >= 11 is 0. The molecule has 5 nitrogen and oxygen atoms in total. The molecule has 4 aliphatic rings. The number of fused-ring (bicyclic) bond motifs is 1. The normalized spacial score (nSPS) is 40.8. The lowest BCUT2D eigenvalue weighted by Crippen LogP contribution is -2.50. The third-order valence-corrected chi connectivity index (χ3v) is 5.51. The first-order chi connectivity index (χ1) is 10.6. The number of nitrogens with zero attached hydrogens (tertiary/aromatic N) is 1. The van der Waals surface area contributed by atoms with Gasteiger partial charge in [-0.05, 0) is 44.4 Å². The smallest absolute Gasteiger partial charge is 0.249 e. The zero-order chi connectivity index (χ0) is 15.3. The highest BCUT2D eigenvalue weighted by molar-refractivity contribution is 5.82. The number of likely N-dealkylation sites (tertiary alicyclic amines) is 1. The number of amides is 2. The van der Waals surface area contributed by atoms with Crippen LogP contribution in [-0.2, 0) is 14.3 Å².